The molecule has 3 amide bonds. The summed E-state index contributed by atoms with van der Waals surface area (Å²) in [5.74, 6) is 0.0698. The summed E-state index contributed by atoms with van der Waals surface area (Å²) in [6, 6.07) is -0.0135. The van der Waals surface area contributed by atoms with Gasteiger partial charge in [-0.15, -0.1) is 0 Å². The number of hydrogen-bond donors (Lipinski definition) is 1. The summed E-state index contributed by atoms with van der Waals surface area (Å²) < 4.78 is 0. The molecule has 3 aliphatic rings. The molecule has 3 atom stereocenters. The maximum atomic E-state index is 13.6. The molecule has 3 saturated heterocycles. The Morgan fingerprint density at radius 3 is 2.36 bits per heavy atom. The second-order valence-electron chi connectivity index (χ2n) is 8.23. The molecular formula is C19H28N6O3. The fraction of sp³-hybridized carbons (Fsp3) is 0.737. The van der Waals surface area contributed by atoms with E-state index < -0.39 is 5.41 Å². The van der Waals surface area contributed by atoms with Gasteiger partial charge in [-0.05, 0) is 32.6 Å². The second-order valence-corrected chi connectivity index (χ2v) is 8.23. The molecule has 1 aromatic heterocycles. The number of fused-ring (bicyclic) bond motifs is 2. The molecule has 0 saturated carbocycles. The number of nitrogens with zero attached hydrogens (tertiary/aromatic N) is 5. The number of carbonyl (C=O) groups is 3. The van der Waals surface area contributed by atoms with E-state index in [2.05, 4.69) is 22.3 Å². The maximum Gasteiger partial charge on any atom is 0.276 e. The number of rotatable bonds is 3. The predicted octanol–water partition coefficient (Wildman–Crippen LogP) is 0.577. The van der Waals surface area contributed by atoms with E-state index in [1.165, 1.54) is 0 Å². The van der Waals surface area contributed by atoms with Crippen molar-refractivity contribution >= 4 is 17.7 Å². The molecule has 9 nitrogen and oxygen atoms in total. The van der Waals surface area contributed by atoms with Gasteiger partial charge in [0.25, 0.3) is 5.91 Å². The van der Waals surface area contributed by atoms with Crippen LogP contribution in [0.4, 0.5) is 0 Å². The number of aromatic amines is 1. The lowest BCUT2D eigenvalue weighted by Gasteiger charge is -2.42. The average molecular weight is 388 g/mol. The van der Waals surface area contributed by atoms with Crippen molar-refractivity contribution in [3.8, 4) is 0 Å². The van der Waals surface area contributed by atoms with Crippen LogP contribution in [-0.4, -0.2) is 86.1 Å². The third-order valence-corrected chi connectivity index (χ3v) is 6.97. The monoisotopic (exact) mass is 388 g/mol. The van der Waals surface area contributed by atoms with Crippen molar-refractivity contribution in [2.24, 2.45) is 5.41 Å². The third-order valence-electron chi connectivity index (χ3n) is 6.97. The number of amides is 3. The van der Waals surface area contributed by atoms with E-state index in [0.717, 1.165) is 12.8 Å². The fourth-order valence-corrected chi connectivity index (χ4v) is 5.40. The van der Waals surface area contributed by atoms with Gasteiger partial charge in [0.1, 0.15) is 0 Å². The molecule has 3 aliphatic heterocycles. The lowest BCUT2D eigenvalue weighted by atomic mass is 9.70. The highest BCUT2D eigenvalue weighted by Gasteiger charge is 2.61. The summed E-state index contributed by atoms with van der Waals surface area (Å²) in [5, 5.41) is 10.5. The highest BCUT2D eigenvalue weighted by atomic mass is 16.2. The molecule has 0 unspecified atom stereocenters. The van der Waals surface area contributed by atoms with Crippen molar-refractivity contribution in [2.75, 3.05) is 26.2 Å². The quantitative estimate of drug-likeness (QED) is 0.816. The van der Waals surface area contributed by atoms with Gasteiger partial charge in [0.15, 0.2) is 5.69 Å². The Kier molecular flexibility index (Phi) is 4.63. The van der Waals surface area contributed by atoms with Crippen molar-refractivity contribution in [1.29, 1.82) is 0 Å². The van der Waals surface area contributed by atoms with Gasteiger partial charge in [-0.25, -0.2) is 0 Å². The molecule has 0 aliphatic carbocycles. The maximum absolute atomic E-state index is 13.6. The van der Waals surface area contributed by atoms with Crippen molar-refractivity contribution in [3.63, 3.8) is 0 Å². The number of carbonyl (C=O) groups excluding carboxylic acids is 3. The first-order valence-electron chi connectivity index (χ1n) is 10.1. The van der Waals surface area contributed by atoms with Gasteiger partial charge >= 0.3 is 0 Å². The predicted molar refractivity (Wildman–Crippen MR) is 100 cm³/mol. The van der Waals surface area contributed by atoms with Crippen LogP contribution >= 0.6 is 0 Å². The van der Waals surface area contributed by atoms with Crippen LogP contribution in [0.1, 0.15) is 55.7 Å². The first-order chi connectivity index (χ1) is 13.4. The molecular weight excluding hydrogens is 360 g/mol. The van der Waals surface area contributed by atoms with E-state index in [-0.39, 0.29) is 29.8 Å². The number of hydrogen-bond acceptors (Lipinski definition) is 5. The van der Waals surface area contributed by atoms with Crippen molar-refractivity contribution in [3.05, 3.63) is 11.4 Å². The van der Waals surface area contributed by atoms with Gasteiger partial charge in [-0.3, -0.25) is 14.4 Å². The Balaban J connectivity index is 1.55. The van der Waals surface area contributed by atoms with Crippen LogP contribution < -0.4 is 0 Å². The Morgan fingerprint density at radius 1 is 1.11 bits per heavy atom. The van der Waals surface area contributed by atoms with E-state index in [9.17, 15) is 14.4 Å². The first-order valence-corrected chi connectivity index (χ1v) is 10.1. The Labute approximate surface area is 164 Å². The van der Waals surface area contributed by atoms with Crippen LogP contribution in [-0.2, 0) is 9.59 Å². The second kappa shape index (κ2) is 6.86. The minimum Gasteiger partial charge on any atom is -0.339 e. The minimum absolute atomic E-state index is 0.0528. The van der Waals surface area contributed by atoms with Crippen molar-refractivity contribution < 1.29 is 14.4 Å². The molecule has 3 fully saturated rings. The topological polar surface area (TPSA) is 103 Å². The van der Waals surface area contributed by atoms with Crippen molar-refractivity contribution in [2.45, 2.75) is 58.5 Å². The van der Waals surface area contributed by atoms with Crippen LogP contribution in [0.3, 0.4) is 0 Å². The lowest BCUT2D eigenvalue weighted by molar-refractivity contribution is -0.148. The zero-order valence-electron chi connectivity index (χ0n) is 16.8. The zero-order valence-corrected chi connectivity index (χ0v) is 16.8. The van der Waals surface area contributed by atoms with Gasteiger partial charge in [0.2, 0.25) is 11.8 Å². The molecule has 0 aromatic carbocycles. The molecule has 1 N–H and O–H groups in total. The normalized spacial score (nSPS) is 29.5. The van der Waals surface area contributed by atoms with Gasteiger partial charge in [0.05, 0.1) is 11.1 Å². The average Bonchev–Trinajstić information content (AvgIpc) is 3.40. The Bertz CT molecular complexity index is 799. The van der Waals surface area contributed by atoms with Crippen LogP contribution in [0, 0.1) is 12.3 Å². The molecule has 9 heteroatoms. The van der Waals surface area contributed by atoms with E-state index in [4.69, 9.17) is 0 Å². The standard InChI is InChI=1S/C19H28N6O3/c1-4-19(18(28)24-9-7-23(8-10-24)13(3)26)11-14-5-6-15(19)25(14)17(27)16-12(2)20-22-21-16/h14-15H,4-11H2,1-3H3,(H,20,21,22)/t14-,15+,19+/m1/s1. The van der Waals surface area contributed by atoms with E-state index in [1.54, 1.807) is 18.7 Å². The minimum atomic E-state index is -0.533. The zero-order chi connectivity index (χ0) is 20.1. The van der Waals surface area contributed by atoms with Crippen LogP contribution in [0.5, 0.6) is 0 Å². The summed E-state index contributed by atoms with van der Waals surface area (Å²) in [4.78, 5) is 43.9. The number of piperazine rings is 1. The number of aryl methyl sites for hydroxylation is 1. The molecule has 2 bridgehead atoms. The molecule has 0 radical (unpaired) electrons. The largest absolute Gasteiger partial charge is 0.339 e. The van der Waals surface area contributed by atoms with E-state index >= 15 is 0 Å². The fourth-order valence-electron chi connectivity index (χ4n) is 5.40. The highest BCUT2D eigenvalue weighted by molar-refractivity contribution is 5.95. The van der Waals surface area contributed by atoms with Crippen LogP contribution in [0.2, 0.25) is 0 Å². The lowest BCUT2D eigenvalue weighted by Crippen LogP contribution is -2.56. The van der Waals surface area contributed by atoms with Gasteiger partial charge in [0, 0.05) is 45.2 Å². The molecule has 4 rings (SSSR count). The third kappa shape index (κ3) is 2.70. The molecule has 1 aromatic rings. The molecule has 4 heterocycles. The molecule has 28 heavy (non-hydrogen) atoms. The van der Waals surface area contributed by atoms with E-state index in [0.29, 0.717) is 50.4 Å². The van der Waals surface area contributed by atoms with Crippen molar-refractivity contribution in [1.82, 2.24) is 30.1 Å². The van der Waals surface area contributed by atoms with Crippen LogP contribution in [0.15, 0.2) is 0 Å². The number of aromatic nitrogens is 3. The molecule has 0 spiro atoms. The van der Waals surface area contributed by atoms with Gasteiger partial charge < -0.3 is 14.7 Å². The summed E-state index contributed by atoms with van der Waals surface area (Å²) >= 11 is 0. The summed E-state index contributed by atoms with van der Waals surface area (Å²) in [6.07, 6.45) is 3.20. The Morgan fingerprint density at radius 2 is 1.79 bits per heavy atom. The highest BCUT2D eigenvalue weighted by Crippen LogP contribution is 2.53. The Hall–Kier alpha value is -2.45. The molecule has 152 valence electrons. The van der Waals surface area contributed by atoms with Crippen LogP contribution in [0.25, 0.3) is 0 Å². The number of H-pyrrole nitrogens is 1. The van der Waals surface area contributed by atoms with E-state index in [1.807, 2.05) is 9.80 Å². The SMILES string of the molecule is CC[C@]1(C(=O)N2CCN(C(C)=O)CC2)C[C@H]2CC[C@@H]1N2C(=O)c1n[nH]nc1C. The summed E-state index contributed by atoms with van der Waals surface area (Å²) in [5.41, 5.74) is 0.408. The van der Waals surface area contributed by atoms with Gasteiger partial charge in [-0.2, -0.15) is 15.4 Å². The number of nitrogens with one attached hydrogen (secondary N) is 1. The summed E-state index contributed by atoms with van der Waals surface area (Å²) in [7, 11) is 0. The smallest absolute Gasteiger partial charge is 0.276 e. The van der Waals surface area contributed by atoms with Gasteiger partial charge in [-0.1, -0.05) is 6.92 Å². The summed E-state index contributed by atoms with van der Waals surface area (Å²) in [6.45, 7) is 7.67. The first kappa shape index (κ1) is 18.9.